The molecule has 1 aromatic carbocycles. The fourth-order valence-electron chi connectivity index (χ4n) is 2.62. The molecule has 0 saturated heterocycles. The number of carbonyl (C=O) groups is 1. The first kappa shape index (κ1) is 11.4. The van der Waals surface area contributed by atoms with E-state index in [1.165, 1.54) is 18.4 Å². The van der Waals surface area contributed by atoms with Crippen molar-refractivity contribution in [1.82, 2.24) is 0 Å². The summed E-state index contributed by atoms with van der Waals surface area (Å²) in [6, 6.07) is 10.4. The minimum absolute atomic E-state index is 0.367. The molecule has 0 heterocycles. The number of hydrogen-bond acceptors (Lipinski definition) is 1. The smallest absolute Gasteiger partial charge is 0.136 e. The lowest BCUT2D eigenvalue weighted by Crippen LogP contribution is -2.13. The minimum Gasteiger partial charge on any atom is -0.299 e. The van der Waals surface area contributed by atoms with Crippen LogP contribution in [0.1, 0.15) is 50.5 Å². The average Bonchev–Trinajstić information content (AvgIpc) is 2.83. The van der Waals surface area contributed by atoms with Crippen molar-refractivity contribution in [3.05, 3.63) is 35.9 Å². The largest absolute Gasteiger partial charge is 0.299 e. The van der Waals surface area contributed by atoms with E-state index < -0.39 is 0 Å². The highest BCUT2D eigenvalue weighted by molar-refractivity contribution is 5.82. The summed E-state index contributed by atoms with van der Waals surface area (Å²) in [6.07, 6.45) is 5.46. The summed E-state index contributed by atoms with van der Waals surface area (Å²) in [5.41, 5.74) is 1.29. The molecule has 0 spiro atoms. The van der Waals surface area contributed by atoms with Crippen molar-refractivity contribution >= 4 is 5.78 Å². The second-order valence-electron chi connectivity index (χ2n) is 4.96. The van der Waals surface area contributed by atoms with E-state index in [1.54, 1.807) is 0 Å². The summed E-state index contributed by atoms with van der Waals surface area (Å²) in [6.45, 7) is 2.15. The van der Waals surface area contributed by atoms with Crippen LogP contribution in [0.3, 0.4) is 0 Å². The fourth-order valence-corrected chi connectivity index (χ4v) is 2.62. The Kier molecular flexibility index (Phi) is 3.76. The van der Waals surface area contributed by atoms with Gasteiger partial charge < -0.3 is 0 Å². The van der Waals surface area contributed by atoms with Gasteiger partial charge in [0.2, 0.25) is 0 Å². The highest BCUT2D eigenvalue weighted by atomic mass is 16.1. The second kappa shape index (κ2) is 5.29. The number of benzene rings is 1. The molecular weight excluding hydrogens is 196 g/mol. The predicted molar refractivity (Wildman–Crippen MR) is 66.4 cm³/mol. The summed E-state index contributed by atoms with van der Waals surface area (Å²) in [7, 11) is 0. The maximum atomic E-state index is 12.0. The molecule has 0 aromatic heterocycles. The van der Waals surface area contributed by atoms with Crippen LogP contribution >= 0.6 is 0 Å². The molecule has 0 amide bonds. The van der Waals surface area contributed by atoms with E-state index in [4.69, 9.17) is 0 Å². The first-order valence-electron chi connectivity index (χ1n) is 6.35. The van der Waals surface area contributed by atoms with Gasteiger partial charge in [0.15, 0.2) is 0 Å². The first-order chi connectivity index (χ1) is 7.77. The molecule has 1 heteroatoms. The van der Waals surface area contributed by atoms with Crippen LogP contribution in [0.2, 0.25) is 0 Å². The van der Waals surface area contributed by atoms with E-state index in [0.717, 1.165) is 12.8 Å². The second-order valence-corrected chi connectivity index (χ2v) is 4.96. The van der Waals surface area contributed by atoms with Gasteiger partial charge in [0.05, 0.1) is 0 Å². The van der Waals surface area contributed by atoms with Crippen molar-refractivity contribution in [2.75, 3.05) is 0 Å². The Balaban J connectivity index is 1.92. The van der Waals surface area contributed by atoms with Gasteiger partial charge in [0, 0.05) is 12.3 Å². The number of rotatable bonds is 4. The van der Waals surface area contributed by atoms with Crippen molar-refractivity contribution in [2.45, 2.75) is 44.9 Å². The van der Waals surface area contributed by atoms with Crippen molar-refractivity contribution in [3.8, 4) is 0 Å². The van der Waals surface area contributed by atoms with Crippen LogP contribution in [0.15, 0.2) is 30.3 Å². The standard InChI is InChI=1S/C15H20O/c1-12(13-7-3-2-4-8-13)11-15(16)14-9-5-6-10-14/h2-4,7-8,12,14H,5-6,9-11H2,1H3. The molecule has 1 nitrogen and oxygen atoms in total. The lowest BCUT2D eigenvalue weighted by atomic mass is 9.90. The number of ketones is 1. The van der Waals surface area contributed by atoms with Crippen LogP contribution in [0.4, 0.5) is 0 Å². The zero-order chi connectivity index (χ0) is 11.4. The Bertz CT molecular complexity index is 336. The van der Waals surface area contributed by atoms with Gasteiger partial charge in [-0.25, -0.2) is 0 Å². The molecule has 1 saturated carbocycles. The molecular formula is C15H20O. The van der Waals surface area contributed by atoms with Gasteiger partial charge in [-0.3, -0.25) is 4.79 Å². The van der Waals surface area contributed by atoms with Crippen LogP contribution in [0, 0.1) is 5.92 Å². The third-order valence-electron chi connectivity index (χ3n) is 3.69. The summed E-state index contributed by atoms with van der Waals surface area (Å²) in [4.78, 5) is 12.0. The van der Waals surface area contributed by atoms with E-state index >= 15 is 0 Å². The third-order valence-corrected chi connectivity index (χ3v) is 3.69. The highest BCUT2D eigenvalue weighted by Gasteiger charge is 2.23. The third kappa shape index (κ3) is 2.72. The van der Waals surface area contributed by atoms with Crippen LogP contribution in [0.5, 0.6) is 0 Å². The SMILES string of the molecule is CC(CC(=O)C1CCCC1)c1ccccc1. The van der Waals surface area contributed by atoms with Gasteiger partial charge in [-0.2, -0.15) is 0 Å². The number of Topliss-reactive ketones (excluding diaryl/α,β-unsaturated/α-hetero) is 1. The van der Waals surface area contributed by atoms with E-state index in [1.807, 2.05) is 18.2 Å². The van der Waals surface area contributed by atoms with E-state index in [0.29, 0.717) is 24.0 Å². The number of hydrogen-bond donors (Lipinski definition) is 0. The summed E-state index contributed by atoms with van der Waals surface area (Å²) in [5, 5.41) is 0. The van der Waals surface area contributed by atoms with Gasteiger partial charge in [0.25, 0.3) is 0 Å². The van der Waals surface area contributed by atoms with Crippen molar-refractivity contribution in [2.24, 2.45) is 5.92 Å². The van der Waals surface area contributed by atoms with Gasteiger partial charge >= 0.3 is 0 Å². The molecule has 0 N–H and O–H groups in total. The molecule has 1 fully saturated rings. The Morgan fingerprint density at radius 3 is 2.50 bits per heavy atom. The zero-order valence-electron chi connectivity index (χ0n) is 9.99. The van der Waals surface area contributed by atoms with Crippen molar-refractivity contribution in [1.29, 1.82) is 0 Å². The van der Waals surface area contributed by atoms with Crippen molar-refractivity contribution < 1.29 is 4.79 Å². The quantitative estimate of drug-likeness (QED) is 0.745. The maximum Gasteiger partial charge on any atom is 0.136 e. The molecule has 2 rings (SSSR count). The predicted octanol–water partition coefficient (Wildman–Crippen LogP) is 3.94. The molecule has 1 atom stereocenters. The molecule has 1 aromatic rings. The summed E-state index contributed by atoms with van der Waals surface area (Å²) in [5.74, 6) is 1.22. The van der Waals surface area contributed by atoms with Crippen LogP contribution in [-0.2, 0) is 4.79 Å². The van der Waals surface area contributed by atoms with Crippen LogP contribution in [0.25, 0.3) is 0 Å². The Morgan fingerprint density at radius 1 is 1.25 bits per heavy atom. The normalized spacial score (nSPS) is 18.6. The van der Waals surface area contributed by atoms with Crippen molar-refractivity contribution in [3.63, 3.8) is 0 Å². The Morgan fingerprint density at radius 2 is 1.88 bits per heavy atom. The topological polar surface area (TPSA) is 17.1 Å². The molecule has 0 aliphatic heterocycles. The van der Waals surface area contributed by atoms with Gasteiger partial charge in [-0.05, 0) is 24.3 Å². The first-order valence-corrected chi connectivity index (χ1v) is 6.35. The summed E-state index contributed by atoms with van der Waals surface area (Å²) >= 11 is 0. The van der Waals surface area contributed by atoms with E-state index in [2.05, 4.69) is 19.1 Å². The molecule has 16 heavy (non-hydrogen) atoms. The lowest BCUT2D eigenvalue weighted by Gasteiger charge is -2.14. The van der Waals surface area contributed by atoms with Gasteiger partial charge in [-0.1, -0.05) is 50.1 Å². The average molecular weight is 216 g/mol. The Labute approximate surface area is 97.9 Å². The zero-order valence-corrected chi connectivity index (χ0v) is 9.99. The van der Waals surface area contributed by atoms with E-state index in [9.17, 15) is 4.79 Å². The summed E-state index contributed by atoms with van der Waals surface area (Å²) < 4.78 is 0. The van der Waals surface area contributed by atoms with Crippen LogP contribution in [-0.4, -0.2) is 5.78 Å². The van der Waals surface area contributed by atoms with Gasteiger partial charge in [0.1, 0.15) is 5.78 Å². The molecule has 86 valence electrons. The highest BCUT2D eigenvalue weighted by Crippen LogP contribution is 2.29. The fraction of sp³-hybridized carbons (Fsp3) is 0.533. The molecule has 0 bridgehead atoms. The maximum absolute atomic E-state index is 12.0. The van der Waals surface area contributed by atoms with E-state index in [-0.39, 0.29) is 0 Å². The van der Waals surface area contributed by atoms with Crippen LogP contribution < -0.4 is 0 Å². The molecule has 1 aliphatic carbocycles. The molecule has 0 radical (unpaired) electrons. The Hall–Kier alpha value is -1.11. The monoisotopic (exact) mass is 216 g/mol. The minimum atomic E-state index is 0.367. The lowest BCUT2D eigenvalue weighted by molar-refractivity contribution is -0.123. The number of carbonyl (C=O) groups excluding carboxylic acids is 1. The molecule has 1 aliphatic rings. The molecule has 1 unspecified atom stereocenters. The van der Waals surface area contributed by atoms with Gasteiger partial charge in [-0.15, -0.1) is 0 Å².